The van der Waals surface area contributed by atoms with Crippen LogP contribution in [-0.2, 0) is 13.2 Å². The van der Waals surface area contributed by atoms with Crippen LogP contribution in [0.4, 0.5) is 5.82 Å². The Morgan fingerprint density at radius 3 is 2.68 bits per heavy atom. The molecule has 3 nitrogen and oxygen atoms in total. The molecule has 0 radical (unpaired) electrons. The third kappa shape index (κ3) is 3.60. The highest BCUT2D eigenvalue weighted by atomic mass is 35.5. The lowest BCUT2D eigenvalue weighted by Crippen LogP contribution is -2.18. The predicted octanol–water partition coefficient (Wildman–Crippen LogP) is 3.52. The van der Waals surface area contributed by atoms with Gasteiger partial charge in [0.15, 0.2) is 0 Å². The van der Waals surface area contributed by atoms with Gasteiger partial charge in [0.2, 0.25) is 0 Å². The molecule has 1 aromatic carbocycles. The van der Waals surface area contributed by atoms with Gasteiger partial charge in [-0.25, -0.2) is 4.98 Å². The quantitative estimate of drug-likeness (QED) is 0.938. The standard InChI is InChI=1S/C14H14Cl2N2O/c1-18(8-10-3-2-4-11(15)7-10)14-6-5-12(16)13(9-19)17-14/h2-7,19H,8-9H2,1H3. The molecular weight excluding hydrogens is 283 g/mol. The molecule has 0 atom stereocenters. The van der Waals surface area contributed by atoms with E-state index in [1.807, 2.05) is 42.3 Å². The van der Waals surface area contributed by atoms with Gasteiger partial charge in [0.05, 0.1) is 17.3 Å². The van der Waals surface area contributed by atoms with Crippen molar-refractivity contribution in [3.8, 4) is 0 Å². The molecule has 0 bridgehead atoms. The lowest BCUT2D eigenvalue weighted by molar-refractivity contribution is 0.277. The first-order chi connectivity index (χ1) is 9.10. The summed E-state index contributed by atoms with van der Waals surface area (Å²) in [5.41, 5.74) is 1.58. The molecule has 0 saturated heterocycles. The van der Waals surface area contributed by atoms with Gasteiger partial charge in [0, 0.05) is 18.6 Å². The SMILES string of the molecule is CN(Cc1cccc(Cl)c1)c1ccc(Cl)c(CO)n1. The second kappa shape index (κ2) is 6.24. The van der Waals surface area contributed by atoms with E-state index >= 15 is 0 Å². The predicted molar refractivity (Wildman–Crippen MR) is 78.7 cm³/mol. The maximum atomic E-state index is 9.17. The van der Waals surface area contributed by atoms with Crippen molar-refractivity contribution in [1.29, 1.82) is 0 Å². The molecule has 100 valence electrons. The summed E-state index contributed by atoms with van der Waals surface area (Å²) in [6, 6.07) is 11.2. The second-order valence-corrected chi connectivity index (χ2v) is 5.09. The number of nitrogens with zero attached hydrogens (tertiary/aromatic N) is 2. The fourth-order valence-electron chi connectivity index (χ4n) is 1.79. The van der Waals surface area contributed by atoms with Crippen LogP contribution in [0.15, 0.2) is 36.4 Å². The summed E-state index contributed by atoms with van der Waals surface area (Å²) in [6.45, 7) is 0.512. The van der Waals surface area contributed by atoms with Crippen LogP contribution in [0.3, 0.4) is 0 Å². The molecule has 1 aromatic heterocycles. The van der Waals surface area contributed by atoms with Gasteiger partial charge in [-0.05, 0) is 29.8 Å². The lowest BCUT2D eigenvalue weighted by atomic mass is 10.2. The van der Waals surface area contributed by atoms with Crippen LogP contribution in [0.2, 0.25) is 10.0 Å². The molecular formula is C14H14Cl2N2O. The van der Waals surface area contributed by atoms with Crippen molar-refractivity contribution in [3.05, 3.63) is 57.7 Å². The summed E-state index contributed by atoms with van der Waals surface area (Å²) < 4.78 is 0. The first-order valence-electron chi connectivity index (χ1n) is 5.82. The largest absolute Gasteiger partial charge is 0.390 e. The Balaban J connectivity index is 2.18. The van der Waals surface area contributed by atoms with Crippen LogP contribution in [-0.4, -0.2) is 17.1 Å². The Morgan fingerprint density at radius 1 is 1.21 bits per heavy atom. The van der Waals surface area contributed by atoms with E-state index in [9.17, 15) is 0 Å². The average molecular weight is 297 g/mol. The molecule has 0 amide bonds. The first-order valence-corrected chi connectivity index (χ1v) is 6.57. The summed E-state index contributed by atoms with van der Waals surface area (Å²) in [7, 11) is 1.93. The molecule has 0 spiro atoms. The Labute approximate surface area is 122 Å². The van der Waals surface area contributed by atoms with Gasteiger partial charge in [-0.1, -0.05) is 35.3 Å². The van der Waals surface area contributed by atoms with E-state index in [-0.39, 0.29) is 6.61 Å². The second-order valence-electron chi connectivity index (χ2n) is 4.24. The van der Waals surface area contributed by atoms with E-state index in [0.29, 0.717) is 22.3 Å². The zero-order valence-corrected chi connectivity index (χ0v) is 12.0. The highest BCUT2D eigenvalue weighted by Crippen LogP contribution is 2.20. The van der Waals surface area contributed by atoms with Crippen LogP contribution >= 0.6 is 23.2 Å². The number of aliphatic hydroxyl groups excluding tert-OH is 1. The molecule has 0 aliphatic rings. The Bertz CT molecular complexity index is 575. The van der Waals surface area contributed by atoms with Crippen molar-refractivity contribution in [2.75, 3.05) is 11.9 Å². The van der Waals surface area contributed by atoms with Gasteiger partial charge < -0.3 is 10.0 Å². The number of benzene rings is 1. The number of rotatable bonds is 4. The van der Waals surface area contributed by atoms with E-state index in [4.69, 9.17) is 28.3 Å². The monoisotopic (exact) mass is 296 g/mol. The van der Waals surface area contributed by atoms with E-state index in [1.54, 1.807) is 6.07 Å². The molecule has 19 heavy (non-hydrogen) atoms. The molecule has 0 aliphatic carbocycles. The zero-order chi connectivity index (χ0) is 13.8. The minimum atomic E-state index is -0.169. The topological polar surface area (TPSA) is 36.4 Å². The maximum absolute atomic E-state index is 9.17. The first kappa shape index (κ1) is 14.1. The van der Waals surface area contributed by atoms with E-state index in [2.05, 4.69) is 4.98 Å². The Kier molecular flexibility index (Phi) is 4.64. The number of hydrogen-bond donors (Lipinski definition) is 1. The summed E-state index contributed by atoms with van der Waals surface area (Å²) in [5.74, 6) is 0.758. The minimum absolute atomic E-state index is 0.169. The fraction of sp³-hybridized carbons (Fsp3) is 0.214. The number of halogens is 2. The van der Waals surface area contributed by atoms with Crippen molar-refractivity contribution in [1.82, 2.24) is 4.98 Å². The third-order valence-corrected chi connectivity index (χ3v) is 3.33. The van der Waals surface area contributed by atoms with E-state index in [1.165, 1.54) is 0 Å². The van der Waals surface area contributed by atoms with Crippen LogP contribution < -0.4 is 4.90 Å². The van der Waals surface area contributed by atoms with Crippen molar-refractivity contribution < 1.29 is 5.11 Å². The Hall–Kier alpha value is -1.29. The van der Waals surface area contributed by atoms with Crippen molar-refractivity contribution >= 4 is 29.0 Å². The van der Waals surface area contributed by atoms with Crippen LogP contribution in [0.5, 0.6) is 0 Å². The van der Waals surface area contributed by atoms with Gasteiger partial charge in [0.1, 0.15) is 5.82 Å². The highest BCUT2D eigenvalue weighted by Gasteiger charge is 2.07. The van der Waals surface area contributed by atoms with Gasteiger partial charge in [-0.3, -0.25) is 0 Å². The van der Waals surface area contributed by atoms with Crippen molar-refractivity contribution in [2.45, 2.75) is 13.2 Å². The van der Waals surface area contributed by atoms with E-state index < -0.39 is 0 Å². The van der Waals surface area contributed by atoms with Gasteiger partial charge >= 0.3 is 0 Å². The maximum Gasteiger partial charge on any atom is 0.129 e. The summed E-state index contributed by atoms with van der Waals surface area (Å²) >= 11 is 11.9. The van der Waals surface area contributed by atoms with Crippen molar-refractivity contribution in [3.63, 3.8) is 0 Å². The molecule has 2 rings (SSSR count). The van der Waals surface area contributed by atoms with Crippen LogP contribution in [0.25, 0.3) is 0 Å². The summed E-state index contributed by atoms with van der Waals surface area (Å²) in [6.07, 6.45) is 0. The zero-order valence-electron chi connectivity index (χ0n) is 10.5. The van der Waals surface area contributed by atoms with Gasteiger partial charge in [-0.2, -0.15) is 0 Å². The summed E-state index contributed by atoms with van der Waals surface area (Å²) in [5, 5.41) is 10.4. The molecule has 0 aliphatic heterocycles. The number of aliphatic hydroxyl groups is 1. The molecule has 5 heteroatoms. The van der Waals surface area contributed by atoms with Gasteiger partial charge in [0.25, 0.3) is 0 Å². The molecule has 0 saturated carbocycles. The number of anilines is 1. The molecule has 0 fully saturated rings. The number of hydrogen-bond acceptors (Lipinski definition) is 3. The van der Waals surface area contributed by atoms with Crippen LogP contribution in [0, 0.1) is 0 Å². The fourth-order valence-corrected chi connectivity index (χ4v) is 2.16. The highest BCUT2D eigenvalue weighted by molar-refractivity contribution is 6.31. The van der Waals surface area contributed by atoms with E-state index in [0.717, 1.165) is 11.4 Å². The Morgan fingerprint density at radius 2 is 2.00 bits per heavy atom. The molecule has 1 heterocycles. The minimum Gasteiger partial charge on any atom is -0.390 e. The van der Waals surface area contributed by atoms with Crippen molar-refractivity contribution in [2.24, 2.45) is 0 Å². The molecule has 1 N–H and O–H groups in total. The van der Waals surface area contributed by atoms with Gasteiger partial charge in [-0.15, -0.1) is 0 Å². The summed E-state index contributed by atoms with van der Waals surface area (Å²) in [4.78, 5) is 6.29. The smallest absolute Gasteiger partial charge is 0.129 e. The third-order valence-electron chi connectivity index (χ3n) is 2.75. The number of pyridine rings is 1. The van der Waals surface area contributed by atoms with Crippen LogP contribution in [0.1, 0.15) is 11.3 Å². The average Bonchev–Trinajstić information content (AvgIpc) is 2.39. The lowest BCUT2D eigenvalue weighted by Gasteiger charge is -2.19. The number of aromatic nitrogens is 1. The normalized spacial score (nSPS) is 10.5. The molecule has 2 aromatic rings. The molecule has 0 unspecified atom stereocenters.